The van der Waals surface area contributed by atoms with Crippen LogP contribution in [0.2, 0.25) is 0 Å². The number of carbonyl (C=O) groups is 1. The Morgan fingerprint density at radius 3 is 3.00 bits per heavy atom. The maximum atomic E-state index is 10.4. The lowest BCUT2D eigenvalue weighted by atomic mass is 10.2. The topological polar surface area (TPSA) is 46.5 Å². The van der Waals surface area contributed by atoms with Gasteiger partial charge in [0.25, 0.3) is 0 Å². The Morgan fingerprint density at radius 1 is 1.73 bits per heavy atom. The first kappa shape index (κ1) is 7.60. The Bertz CT molecular complexity index is 268. The fraction of sp³-hybridized carbons (Fsp3) is 0.125. The molecule has 3 nitrogen and oxygen atoms in total. The first-order valence-electron chi connectivity index (χ1n) is 3.03. The van der Waals surface area contributed by atoms with E-state index in [0.29, 0.717) is 5.75 Å². The second-order valence-corrected chi connectivity index (χ2v) is 1.95. The Hall–Kier alpha value is -1.51. The van der Waals surface area contributed by atoms with E-state index in [1.165, 1.54) is 19.2 Å². The van der Waals surface area contributed by atoms with Gasteiger partial charge in [-0.1, -0.05) is 0 Å². The van der Waals surface area contributed by atoms with Crippen LogP contribution in [0.1, 0.15) is 10.4 Å². The van der Waals surface area contributed by atoms with Gasteiger partial charge in [-0.3, -0.25) is 0 Å². The zero-order valence-electron chi connectivity index (χ0n) is 6.00. The molecule has 0 unspecified atom stereocenters. The fourth-order valence-corrected chi connectivity index (χ4v) is 0.696. The number of hydrogen-bond acceptors (Lipinski definition) is 2. The molecule has 0 aliphatic rings. The summed E-state index contributed by atoms with van der Waals surface area (Å²) in [5, 5.41) is 8.52. The minimum absolute atomic E-state index is 0.115. The maximum absolute atomic E-state index is 10.4. The predicted octanol–water partition coefficient (Wildman–Crippen LogP) is 1.19. The number of carboxylic acid groups (broad SMARTS) is 1. The molecule has 0 aliphatic heterocycles. The quantitative estimate of drug-likeness (QED) is 0.690. The molecule has 1 N–H and O–H groups in total. The van der Waals surface area contributed by atoms with Gasteiger partial charge in [0, 0.05) is 0 Å². The first-order chi connectivity index (χ1) is 5.24. The van der Waals surface area contributed by atoms with E-state index in [4.69, 9.17) is 9.84 Å². The molecule has 1 aromatic rings. The molecule has 0 atom stereocenters. The summed E-state index contributed by atoms with van der Waals surface area (Å²) in [6.07, 6.45) is 0. The van der Waals surface area contributed by atoms with E-state index in [1.54, 1.807) is 6.07 Å². The molecule has 0 aromatic heterocycles. The van der Waals surface area contributed by atoms with Crippen LogP contribution in [0.25, 0.3) is 0 Å². The number of benzene rings is 1. The Morgan fingerprint density at radius 2 is 2.45 bits per heavy atom. The molecule has 3 heteroatoms. The van der Waals surface area contributed by atoms with Crippen molar-refractivity contribution in [2.45, 2.75) is 0 Å². The number of methoxy groups -OCH3 is 1. The molecule has 0 aliphatic carbocycles. The largest absolute Gasteiger partial charge is 0.497 e. The molecule has 1 aromatic carbocycles. The van der Waals surface area contributed by atoms with Crippen molar-refractivity contribution in [3.05, 3.63) is 29.8 Å². The van der Waals surface area contributed by atoms with Crippen molar-refractivity contribution >= 4 is 5.97 Å². The van der Waals surface area contributed by atoms with Crippen LogP contribution in [0.3, 0.4) is 0 Å². The molecular weight excluding hydrogens is 144 g/mol. The van der Waals surface area contributed by atoms with Crippen LogP contribution in [-0.2, 0) is 0 Å². The summed E-state index contributed by atoms with van der Waals surface area (Å²) in [6.45, 7) is 0. The highest BCUT2D eigenvalue weighted by Crippen LogP contribution is 2.11. The summed E-state index contributed by atoms with van der Waals surface area (Å²) in [7, 11) is 1.49. The smallest absolute Gasteiger partial charge is 0.336 e. The minimum Gasteiger partial charge on any atom is -0.497 e. The Labute approximate surface area is 64.2 Å². The van der Waals surface area contributed by atoms with E-state index in [9.17, 15) is 4.79 Å². The summed E-state index contributed by atoms with van der Waals surface area (Å²) in [5.41, 5.74) is 0.115. The molecule has 0 bridgehead atoms. The Balaban J connectivity index is 3.01. The van der Waals surface area contributed by atoms with Crippen molar-refractivity contribution in [1.29, 1.82) is 0 Å². The highest BCUT2D eigenvalue weighted by Gasteiger charge is 2.02. The van der Waals surface area contributed by atoms with Crippen LogP contribution >= 0.6 is 0 Å². The molecule has 0 fully saturated rings. The molecule has 0 saturated heterocycles. The van der Waals surface area contributed by atoms with Gasteiger partial charge in [-0.25, -0.2) is 4.79 Å². The number of ether oxygens (including phenoxy) is 1. The third-order valence-corrected chi connectivity index (χ3v) is 1.24. The second kappa shape index (κ2) is 3.05. The highest BCUT2D eigenvalue weighted by molar-refractivity contribution is 5.87. The van der Waals surface area contributed by atoms with Gasteiger partial charge in [0.15, 0.2) is 0 Å². The van der Waals surface area contributed by atoms with Gasteiger partial charge >= 0.3 is 5.97 Å². The van der Waals surface area contributed by atoms with Gasteiger partial charge in [-0.15, -0.1) is 0 Å². The van der Waals surface area contributed by atoms with Crippen molar-refractivity contribution in [3.63, 3.8) is 0 Å². The lowest BCUT2D eigenvalue weighted by molar-refractivity contribution is 0.0696. The molecule has 0 spiro atoms. The van der Waals surface area contributed by atoms with E-state index >= 15 is 0 Å². The van der Waals surface area contributed by atoms with E-state index in [0.717, 1.165) is 0 Å². The van der Waals surface area contributed by atoms with E-state index < -0.39 is 5.97 Å². The average molecular weight is 151 g/mol. The minimum atomic E-state index is -0.996. The van der Waals surface area contributed by atoms with E-state index in [1.807, 2.05) is 0 Å². The summed E-state index contributed by atoms with van der Waals surface area (Å²) < 4.78 is 4.82. The number of carboxylic acids is 1. The molecule has 57 valence electrons. The normalized spacial score (nSPS) is 9.18. The van der Waals surface area contributed by atoms with Crippen molar-refractivity contribution in [2.24, 2.45) is 0 Å². The molecule has 1 radical (unpaired) electrons. The maximum Gasteiger partial charge on any atom is 0.336 e. The van der Waals surface area contributed by atoms with Gasteiger partial charge in [-0.05, 0) is 24.3 Å². The summed E-state index contributed by atoms with van der Waals surface area (Å²) >= 11 is 0. The SMILES string of the molecule is COc1cc[c]c(C(=O)O)c1. The third-order valence-electron chi connectivity index (χ3n) is 1.24. The van der Waals surface area contributed by atoms with Gasteiger partial charge in [-0.2, -0.15) is 0 Å². The van der Waals surface area contributed by atoms with Crippen LogP contribution in [0.5, 0.6) is 5.75 Å². The lowest BCUT2D eigenvalue weighted by Crippen LogP contribution is -1.96. The third kappa shape index (κ3) is 1.70. The lowest BCUT2D eigenvalue weighted by Gasteiger charge is -1.98. The predicted molar refractivity (Wildman–Crippen MR) is 38.8 cm³/mol. The Kier molecular flexibility index (Phi) is 2.11. The second-order valence-electron chi connectivity index (χ2n) is 1.95. The first-order valence-corrected chi connectivity index (χ1v) is 3.03. The van der Waals surface area contributed by atoms with Crippen molar-refractivity contribution < 1.29 is 14.6 Å². The fourth-order valence-electron chi connectivity index (χ4n) is 0.696. The van der Waals surface area contributed by atoms with Crippen molar-refractivity contribution in [1.82, 2.24) is 0 Å². The van der Waals surface area contributed by atoms with Gasteiger partial charge in [0.1, 0.15) is 5.75 Å². The number of hydrogen-bond donors (Lipinski definition) is 1. The van der Waals surface area contributed by atoms with Crippen molar-refractivity contribution in [3.8, 4) is 5.75 Å². The number of aromatic carboxylic acids is 1. The molecule has 11 heavy (non-hydrogen) atoms. The van der Waals surface area contributed by atoms with Crippen LogP contribution in [0.4, 0.5) is 0 Å². The molecule has 0 saturated carbocycles. The summed E-state index contributed by atoms with van der Waals surface area (Å²) in [6, 6.07) is 7.14. The van der Waals surface area contributed by atoms with Gasteiger partial charge in [0.2, 0.25) is 0 Å². The molecular formula is C8H7O3. The monoisotopic (exact) mass is 151 g/mol. The zero-order valence-corrected chi connectivity index (χ0v) is 6.00. The number of rotatable bonds is 2. The highest BCUT2D eigenvalue weighted by atomic mass is 16.5. The van der Waals surface area contributed by atoms with Crippen LogP contribution < -0.4 is 4.74 Å². The van der Waals surface area contributed by atoms with Gasteiger partial charge < -0.3 is 9.84 Å². The van der Waals surface area contributed by atoms with E-state index in [2.05, 4.69) is 6.07 Å². The van der Waals surface area contributed by atoms with Gasteiger partial charge in [0.05, 0.1) is 12.7 Å². The standard InChI is InChI=1S/C8H7O3/c1-11-7-4-2-3-6(5-7)8(9)10/h2,4-5H,1H3,(H,9,10). The molecule has 1 rings (SSSR count). The summed E-state index contributed by atoms with van der Waals surface area (Å²) in [4.78, 5) is 10.4. The van der Waals surface area contributed by atoms with E-state index in [-0.39, 0.29) is 5.56 Å². The molecule has 0 amide bonds. The van der Waals surface area contributed by atoms with Crippen molar-refractivity contribution in [2.75, 3.05) is 7.11 Å². The summed E-state index contributed by atoms with van der Waals surface area (Å²) in [5.74, 6) is -0.468. The van der Waals surface area contributed by atoms with Crippen LogP contribution in [0, 0.1) is 6.07 Å². The average Bonchev–Trinajstić information content (AvgIpc) is 2.05. The molecule has 0 heterocycles. The zero-order chi connectivity index (χ0) is 8.27. The van der Waals surface area contributed by atoms with Crippen LogP contribution in [0.15, 0.2) is 18.2 Å². The van der Waals surface area contributed by atoms with Crippen LogP contribution in [-0.4, -0.2) is 18.2 Å².